The van der Waals surface area contributed by atoms with Crippen LogP contribution in [0.15, 0.2) is 47.6 Å². The maximum atomic E-state index is 12.9. The molecule has 2 aliphatic rings. The van der Waals surface area contributed by atoms with Crippen molar-refractivity contribution in [2.45, 2.75) is 56.4 Å². The van der Waals surface area contributed by atoms with Gasteiger partial charge in [0.05, 0.1) is 7.11 Å². The van der Waals surface area contributed by atoms with Crippen LogP contribution in [-0.4, -0.2) is 61.9 Å². The summed E-state index contributed by atoms with van der Waals surface area (Å²) in [5.41, 5.74) is 2.79. The second-order valence-corrected chi connectivity index (χ2v) is 11.0. The Kier molecular flexibility index (Phi) is 7.48. The molecule has 0 unspecified atom stereocenters. The Balaban J connectivity index is 1.37. The van der Waals surface area contributed by atoms with Crippen LogP contribution in [0, 0.1) is 5.92 Å². The Bertz CT molecular complexity index is 989. The smallest absolute Gasteiger partial charge is 0.244 e. The van der Waals surface area contributed by atoms with Crippen molar-refractivity contribution >= 4 is 10.0 Å². The molecule has 0 radical (unpaired) electrons. The Morgan fingerprint density at radius 1 is 1.16 bits per heavy atom. The minimum Gasteiger partial charge on any atom is -0.496 e. The fourth-order valence-electron chi connectivity index (χ4n) is 5.28. The molecule has 2 aromatic rings. The minimum atomic E-state index is -3.44. The SMILES string of the molecule is CCCN(CC1CCN(S(=O)(=O)c2cccnc2)CC1)[C@H]1CCc2c(cccc2OC)C1. The van der Waals surface area contributed by atoms with Gasteiger partial charge in [-0.15, -0.1) is 0 Å². The third-order valence-electron chi connectivity index (χ3n) is 7.00. The largest absolute Gasteiger partial charge is 0.496 e. The second kappa shape index (κ2) is 10.3. The molecule has 174 valence electrons. The van der Waals surface area contributed by atoms with E-state index in [1.54, 1.807) is 29.7 Å². The quantitative estimate of drug-likeness (QED) is 0.604. The first-order chi connectivity index (χ1) is 15.5. The highest BCUT2D eigenvalue weighted by Gasteiger charge is 2.32. The average Bonchev–Trinajstić information content (AvgIpc) is 2.84. The Labute approximate surface area is 192 Å². The van der Waals surface area contributed by atoms with E-state index in [-0.39, 0.29) is 0 Å². The lowest BCUT2D eigenvalue weighted by Crippen LogP contribution is -2.46. The molecule has 0 bridgehead atoms. The molecule has 1 atom stereocenters. The van der Waals surface area contributed by atoms with E-state index in [9.17, 15) is 8.42 Å². The standard InChI is InChI=1S/C25H35N3O3S/c1-3-14-27(22-9-10-24-21(17-22)6-4-8-25(24)31-2)19-20-11-15-28(16-12-20)32(29,30)23-7-5-13-26-18-23/h4-8,13,18,20,22H,3,9-12,14-17,19H2,1-2H3/t22-/m0/s1. The molecule has 2 heterocycles. The van der Waals surface area contributed by atoms with Gasteiger partial charge in [-0.05, 0) is 80.3 Å². The van der Waals surface area contributed by atoms with Crippen molar-refractivity contribution in [1.82, 2.24) is 14.2 Å². The molecule has 0 N–H and O–H groups in total. The molecule has 7 heteroatoms. The van der Waals surface area contributed by atoms with Gasteiger partial charge in [0.2, 0.25) is 10.0 Å². The monoisotopic (exact) mass is 457 g/mol. The zero-order valence-electron chi connectivity index (χ0n) is 19.2. The van der Waals surface area contributed by atoms with Gasteiger partial charge in [-0.25, -0.2) is 8.42 Å². The number of piperidine rings is 1. The van der Waals surface area contributed by atoms with Crippen LogP contribution in [-0.2, 0) is 22.9 Å². The van der Waals surface area contributed by atoms with Crippen LogP contribution in [0.25, 0.3) is 0 Å². The number of fused-ring (bicyclic) bond motifs is 1. The Morgan fingerprint density at radius 3 is 2.66 bits per heavy atom. The van der Waals surface area contributed by atoms with Gasteiger partial charge in [0.15, 0.2) is 0 Å². The van der Waals surface area contributed by atoms with E-state index in [1.807, 2.05) is 0 Å². The first-order valence-corrected chi connectivity index (χ1v) is 13.3. The summed E-state index contributed by atoms with van der Waals surface area (Å²) >= 11 is 0. The number of rotatable bonds is 8. The lowest BCUT2D eigenvalue weighted by atomic mass is 9.86. The molecule has 0 saturated carbocycles. The topological polar surface area (TPSA) is 62.7 Å². The van der Waals surface area contributed by atoms with Gasteiger partial charge in [-0.1, -0.05) is 19.1 Å². The number of ether oxygens (including phenoxy) is 1. The van der Waals surface area contributed by atoms with Crippen LogP contribution in [0.1, 0.15) is 43.7 Å². The van der Waals surface area contributed by atoms with Crippen LogP contribution in [0.4, 0.5) is 0 Å². The maximum Gasteiger partial charge on any atom is 0.244 e. The van der Waals surface area contributed by atoms with E-state index >= 15 is 0 Å². The average molecular weight is 458 g/mol. The Hall–Kier alpha value is -1.96. The van der Waals surface area contributed by atoms with Gasteiger partial charge in [-0.3, -0.25) is 9.88 Å². The van der Waals surface area contributed by atoms with E-state index in [4.69, 9.17) is 4.74 Å². The van der Waals surface area contributed by atoms with Gasteiger partial charge in [0, 0.05) is 38.1 Å². The summed E-state index contributed by atoms with van der Waals surface area (Å²) in [5.74, 6) is 1.55. The second-order valence-electron chi connectivity index (χ2n) is 9.03. The van der Waals surface area contributed by atoms with Gasteiger partial charge in [-0.2, -0.15) is 4.31 Å². The zero-order valence-corrected chi connectivity index (χ0v) is 20.1. The summed E-state index contributed by atoms with van der Waals surface area (Å²) in [5, 5.41) is 0. The zero-order chi connectivity index (χ0) is 22.6. The van der Waals surface area contributed by atoms with Gasteiger partial charge < -0.3 is 4.74 Å². The molecule has 32 heavy (non-hydrogen) atoms. The molecular formula is C25H35N3O3S. The van der Waals surface area contributed by atoms with Crippen molar-refractivity contribution in [3.8, 4) is 5.75 Å². The number of sulfonamides is 1. The van der Waals surface area contributed by atoms with Gasteiger partial charge >= 0.3 is 0 Å². The highest BCUT2D eigenvalue weighted by atomic mass is 32.2. The fraction of sp³-hybridized carbons (Fsp3) is 0.560. The van der Waals surface area contributed by atoms with Crippen LogP contribution in [0.2, 0.25) is 0 Å². The number of benzene rings is 1. The summed E-state index contributed by atoms with van der Waals surface area (Å²) in [6, 6.07) is 10.3. The molecule has 6 nitrogen and oxygen atoms in total. The fourth-order valence-corrected chi connectivity index (χ4v) is 6.71. The molecule has 0 amide bonds. The highest BCUT2D eigenvalue weighted by molar-refractivity contribution is 7.89. The van der Waals surface area contributed by atoms with Crippen molar-refractivity contribution in [3.63, 3.8) is 0 Å². The van der Waals surface area contributed by atoms with Gasteiger partial charge in [0.25, 0.3) is 0 Å². The summed E-state index contributed by atoms with van der Waals surface area (Å²) in [7, 11) is -1.68. The van der Waals surface area contributed by atoms with E-state index in [1.165, 1.54) is 17.3 Å². The number of hydrogen-bond acceptors (Lipinski definition) is 5. The molecule has 1 aliphatic heterocycles. The van der Waals surface area contributed by atoms with E-state index in [0.29, 0.717) is 29.9 Å². The number of hydrogen-bond donors (Lipinski definition) is 0. The predicted molar refractivity (Wildman–Crippen MR) is 126 cm³/mol. The third-order valence-corrected chi connectivity index (χ3v) is 8.88. The van der Waals surface area contributed by atoms with Crippen molar-refractivity contribution in [1.29, 1.82) is 0 Å². The first kappa shape index (κ1) is 23.2. The normalized spacial score (nSPS) is 20.3. The van der Waals surface area contributed by atoms with E-state index in [0.717, 1.165) is 57.4 Å². The molecule has 0 spiro atoms. The molecular weight excluding hydrogens is 422 g/mol. The number of aromatic nitrogens is 1. The van der Waals surface area contributed by atoms with Crippen LogP contribution in [0.3, 0.4) is 0 Å². The summed E-state index contributed by atoms with van der Waals surface area (Å²) in [4.78, 5) is 6.94. The summed E-state index contributed by atoms with van der Waals surface area (Å²) in [6.45, 7) is 5.58. The molecule has 1 saturated heterocycles. The van der Waals surface area contributed by atoms with Crippen molar-refractivity contribution in [2.24, 2.45) is 5.92 Å². The van der Waals surface area contributed by atoms with E-state index in [2.05, 4.69) is 35.0 Å². The number of nitrogens with zero attached hydrogens (tertiary/aromatic N) is 3. The van der Waals surface area contributed by atoms with Crippen LogP contribution >= 0.6 is 0 Å². The van der Waals surface area contributed by atoms with Crippen LogP contribution < -0.4 is 4.74 Å². The summed E-state index contributed by atoms with van der Waals surface area (Å²) < 4.78 is 33.0. The molecule has 1 aromatic carbocycles. The highest BCUT2D eigenvalue weighted by Crippen LogP contribution is 2.32. The molecule has 1 fully saturated rings. The number of pyridine rings is 1. The van der Waals surface area contributed by atoms with E-state index < -0.39 is 10.0 Å². The lowest BCUT2D eigenvalue weighted by Gasteiger charge is -2.39. The molecule has 1 aliphatic carbocycles. The van der Waals surface area contributed by atoms with Gasteiger partial charge in [0.1, 0.15) is 10.6 Å². The lowest BCUT2D eigenvalue weighted by molar-refractivity contribution is 0.129. The number of methoxy groups -OCH3 is 1. The third kappa shape index (κ3) is 5.00. The maximum absolute atomic E-state index is 12.9. The van der Waals surface area contributed by atoms with Crippen LogP contribution in [0.5, 0.6) is 5.75 Å². The van der Waals surface area contributed by atoms with Crippen molar-refractivity contribution < 1.29 is 13.2 Å². The first-order valence-electron chi connectivity index (χ1n) is 11.8. The predicted octanol–water partition coefficient (Wildman–Crippen LogP) is 3.76. The Morgan fingerprint density at radius 2 is 1.97 bits per heavy atom. The molecule has 4 rings (SSSR count). The van der Waals surface area contributed by atoms with Crippen molar-refractivity contribution in [2.75, 3.05) is 33.3 Å². The van der Waals surface area contributed by atoms with Crippen molar-refractivity contribution in [3.05, 3.63) is 53.9 Å². The minimum absolute atomic E-state index is 0.294. The summed E-state index contributed by atoms with van der Waals surface area (Å²) in [6.07, 6.45) is 9.30. The molecule has 1 aromatic heterocycles.